The molecule has 5 rings (SSSR count). The predicted octanol–water partition coefficient (Wildman–Crippen LogP) is 5.45. The van der Waals surface area contributed by atoms with Crippen LogP contribution in [0.5, 0.6) is 5.75 Å². The Morgan fingerprint density at radius 2 is 1.50 bits per heavy atom. The van der Waals surface area contributed by atoms with Crippen LogP contribution >= 0.6 is 0 Å². The summed E-state index contributed by atoms with van der Waals surface area (Å²) in [5.41, 5.74) is 0.228. The summed E-state index contributed by atoms with van der Waals surface area (Å²) in [5, 5.41) is 9.62. The maximum Gasteiger partial charge on any atom is 0.253 e. The first-order valence-electron chi connectivity index (χ1n) is 18.1. The Morgan fingerprint density at radius 1 is 0.940 bits per heavy atom. The molecule has 3 saturated heterocycles. The lowest BCUT2D eigenvalue weighted by Crippen LogP contribution is -2.57. The van der Waals surface area contributed by atoms with E-state index in [2.05, 4.69) is 31.9 Å². The third-order valence-corrected chi connectivity index (χ3v) is 11.0. The summed E-state index contributed by atoms with van der Waals surface area (Å²) in [7, 11) is 0. The van der Waals surface area contributed by atoms with Crippen molar-refractivity contribution in [3.8, 4) is 5.75 Å². The number of hydrogen-bond acceptors (Lipinski definition) is 7. The number of fused-ring (bicyclic) bond motifs is 1. The number of hydrogen-bond donors (Lipinski definition) is 1. The van der Waals surface area contributed by atoms with Crippen molar-refractivity contribution in [2.45, 2.75) is 71.1 Å². The van der Waals surface area contributed by atoms with E-state index in [-0.39, 0.29) is 49.9 Å². The molecule has 2 aromatic rings. The van der Waals surface area contributed by atoms with Crippen LogP contribution < -0.4 is 19.4 Å². The molecular weight excluding hydrogens is 632 g/mol. The van der Waals surface area contributed by atoms with E-state index in [9.17, 15) is 14.7 Å². The van der Waals surface area contributed by atoms with E-state index in [1.165, 1.54) is 0 Å². The fourth-order valence-corrected chi connectivity index (χ4v) is 8.57. The average molecular weight is 687 g/mol. The number of anilines is 3. The highest BCUT2D eigenvalue weighted by Gasteiger charge is 2.80. The van der Waals surface area contributed by atoms with Gasteiger partial charge in [0.1, 0.15) is 17.4 Å². The summed E-state index contributed by atoms with van der Waals surface area (Å²) < 4.78 is 12.7. The standard InChI is InChI=1S/C40H54N4O6/c1-8-23-42(31-19-21-32(22-20-31)49-12-5)36(46)33-34-37(47)44(25-13-14-26-45)35(40(34)27-28(6)39(33,7)50-40)38(48)43(24-9-2)30-17-15-29(16-18-30)41(10-3)11-4/h8-9,15-22,28,33-35,45H,1-2,10-14,23-27H2,3-7H3/t28?,33-,34-,35?,39+,40?/m0/s1. The van der Waals surface area contributed by atoms with E-state index in [4.69, 9.17) is 9.47 Å². The molecule has 3 unspecified atom stereocenters. The molecular formula is C40H54N4O6. The fraction of sp³-hybridized carbons (Fsp3) is 0.525. The Kier molecular flexibility index (Phi) is 11.4. The number of aliphatic hydroxyl groups excluding tert-OH is 1. The maximum absolute atomic E-state index is 15.0. The number of benzene rings is 2. The zero-order valence-electron chi connectivity index (χ0n) is 30.3. The van der Waals surface area contributed by atoms with Crippen LogP contribution in [0.2, 0.25) is 0 Å². The summed E-state index contributed by atoms with van der Waals surface area (Å²) in [5.74, 6) is -1.85. The van der Waals surface area contributed by atoms with Gasteiger partial charge in [-0.05, 0) is 101 Å². The molecule has 0 aliphatic carbocycles. The molecule has 3 fully saturated rings. The highest BCUT2D eigenvalue weighted by atomic mass is 16.5. The maximum atomic E-state index is 15.0. The summed E-state index contributed by atoms with van der Waals surface area (Å²) >= 11 is 0. The molecule has 1 N–H and O–H groups in total. The molecule has 0 radical (unpaired) electrons. The molecule has 2 bridgehead atoms. The molecule has 0 saturated carbocycles. The van der Waals surface area contributed by atoms with Crippen molar-refractivity contribution in [1.29, 1.82) is 0 Å². The molecule has 3 amide bonds. The second-order valence-electron chi connectivity index (χ2n) is 13.8. The quantitative estimate of drug-likeness (QED) is 0.174. The fourth-order valence-electron chi connectivity index (χ4n) is 8.57. The molecule has 3 aliphatic rings. The Hall–Kier alpha value is -4.15. The number of likely N-dealkylation sites (tertiary alicyclic amines) is 1. The first kappa shape index (κ1) is 37.1. The smallest absolute Gasteiger partial charge is 0.253 e. The van der Waals surface area contributed by atoms with Crippen molar-refractivity contribution in [3.63, 3.8) is 0 Å². The van der Waals surface area contributed by atoms with E-state index < -0.39 is 29.1 Å². The first-order chi connectivity index (χ1) is 24.1. The topological polar surface area (TPSA) is 103 Å². The van der Waals surface area contributed by atoms with Crippen LogP contribution in [0.3, 0.4) is 0 Å². The van der Waals surface area contributed by atoms with E-state index >= 15 is 4.79 Å². The molecule has 0 aromatic heterocycles. The largest absolute Gasteiger partial charge is 0.494 e. The summed E-state index contributed by atoms with van der Waals surface area (Å²) in [6, 6.07) is 14.3. The number of unbranched alkanes of at least 4 members (excludes halogenated alkanes) is 1. The number of amides is 3. The van der Waals surface area contributed by atoms with Crippen molar-refractivity contribution in [2.75, 3.05) is 60.6 Å². The molecule has 3 heterocycles. The minimum absolute atomic E-state index is 0.0258. The molecule has 10 nitrogen and oxygen atoms in total. The number of ether oxygens (including phenoxy) is 2. The SMILES string of the molecule is C=CCN(C(=O)C1N(CCCCO)C(=O)[C@@H]2[C@@H](C(=O)N(CC=C)c3ccc(OCC)cc3)[C@]3(C)OC12CC3C)c1ccc(N(CC)CC)cc1. The van der Waals surface area contributed by atoms with Gasteiger partial charge in [0.05, 0.1) is 24.0 Å². The summed E-state index contributed by atoms with van der Waals surface area (Å²) in [6.07, 6.45) is 4.81. The van der Waals surface area contributed by atoms with Crippen molar-refractivity contribution >= 4 is 34.8 Å². The van der Waals surface area contributed by atoms with Crippen molar-refractivity contribution in [3.05, 3.63) is 73.8 Å². The van der Waals surface area contributed by atoms with Gasteiger partial charge in [-0.15, -0.1) is 13.2 Å². The van der Waals surface area contributed by atoms with Gasteiger partial charge in [0.25, 0.3) is 5.91 Å². The Labute approximate surface area is 297 Å². The third kappa shape index (κ3) is 6.32. The van der Waals surface area contributed by atoms with Gasteiger partial charge in [0.15, 0.2) is 0 Å². The third-order valence-electron chi connectivity index (χ3n) is 11.0. The highest BCUT2D eigenvalue weighted by molar-refractivity contribution is 6.07. The molecule has 10 heteroatoms. The second kappa shape index (κ2) is 15.4. The molecule has 50 heavy (non-hydrogen) atoms. The van der Waals surface area contributed by atoms with Crippen LogP contribution in [-0.2, 0) is 19.1 Å². The second-order valence-corrected chi connectivity index (χ2v) is 13.8. The van der Waals surface area contributed by atoms with E-state index in [1.807, 2.05) is 69.3 Å². The van der Waals surface area contributed by atoms with Gasteiger partial charge in [0, 0.05) is 56.4 Å². The number of carbonyl (C=O) groups is 3. The first-order valence-corrected chi connectivity index (χ1v) is 18.1. The van der Waals surface area contributed by atoms with Crippen LogP contribution in [0.1, 0.15) is 53.9 Å². The van der Waals surface area contributed by atoms with Crippen molar-refractivity contribution in [1.82, 2.24) is 4.90 Å². The van der Waals surface area contributed by atoms with Crippen molar-refractivity contribution in [2.24, 2.45) is 17.8 Å². The number of nitrogens with zero attached hydrogens (tertiary/aromatic N) is 4. The lowest BCUT2D eigenvalue weighted by Gasteiger charge is -2.39. The Bertz CT molecular complexity index is 1540. The van der Waals surface area contributed by atoms with Gasteiger partial charge in [-0.2, -0.15) is 0 Å². The monoisotopic (exact) mass is 686 g/mol. The molecule has 2 aromatic carbocycles. The van der Waals surface area contributed by atoms with Crippen LogP contribution in [0, 0.1) is 17.8 Å². The highest BCUT2D eigenvalue weighted by Crippen LogP contribution is 2.65. The van der Waals surface area contributed by atoms with Crippen LogP contribution in [0.4, 0.5) is 17.1 Å². The van der Waals surface area contributed by atoms with Crippen molar-refractivity contribution < 1.29 is 29.0 Å². The van der Waals surface area contributed by atoms with Gasteiger partial charge in [-0.3, -0.25) is 14.4 Å². The summed E-state index contributed by atoms with van der Waals surface area (Å²) in [6.45, 7) is 20.9. The summed E-state index contributed by atoms with van der Waals surface area (Å²) in [4.78, 5) is 51.9. The van der Waals surface area contributed by atoms with Crippen LogP contribution in [0.25, 0.3) is 0 Å². The van der Waals surface area contributed by atoms with Crippen LogP contribution in [0.15, 0.2) is 73.8 Å². The zero-order valence-corrected chi connectivity index (χ0v) is 30.3. The van der Waals surface area contributed by atoms with Gasteiger partial charge in [-0.1, -0.05) is 19.1 Å². The minimum Gasteiger partial charge on any atom is -0.494 e. The molecule has 1 spiro atoms. The molecule has 270 valence electrons. The van der Waals surface area contributed by atoms with Gasteiger partial charge in [-0.25, -0.2) is 0 Å². The van der Waals surface area contributed by atoms with E-state index in [1.54, 1.807) is 26.9 Å². The molecule has 6 atom stereocenters. The van der Waals surface area contributed by atoms with Gasteiger partial charge < -0.3 is 34.2 Å². The van der Waals surface area contributed by atoms with Gasteiger partial charge in [0.2, 0.25) is 11.8 Å². The van der Waals surface area contributed by atoms with Gasteiger partial charge >= 0.3 is 0 Å². The lowest BCUT2D eigenvalue weighted by molar-refractivity contribution is -0.145. The normalized spacial score (nSPS) is 26.4. The van der Waals surface area contributed by atoms with E-state index in [0.29, 0.717) is 43.0 Å². The minimum atomic E-state index is -1.21. The lowest BCUT2D eigenvalue weighted by atomic mass is 9.62. The Morgan fingerprint density at radius 3 is 2.04 bits per heavy atom. The van der Waals surface area contributed by atoms with E-state index in [0.717, 1.165) is 18.8 Å². The van der Waals surface area contributed by atoms with Crippen LogP contribution in [-0.4, -0.2) is 90.9 Å². The Balaban J connectivity index is 1.57. The predicted molar refractivity (Wildman–Crippen MR) is 198 cm³/mol. The zero-order chi connectivity index (χ0) is 36.2. The average Bonchev–Trinajstić information content (AvgIpc) is 3.63. The number of carbonyl (C=O) groups excluding carboxylic acids is 3. The number of aliphatic hydroxyl groups is 1. The molecule has 3 aliphatic heterocycles. The number of rotatable bonds is 17.